The molecule has 3 aromatic carbocycles. The molecule has 198 valence electrons. The summed E-state index contributed by atoms with van der Waals surface area (Å²) < 4.78 is 10.1. The lowest BCUT2D eigenvalue weighted by molar-refractivity contribution is -0.122. The van der Waals surface area contributed by atoms with Gasteiger partial charge in [-0.05, 0) is 72.7 Å². The maximum absolute atomic E-state index is 13.1. The molecule has 39 heavy (non-hydrogen) atoms. The summed E-state index contributed by atoms with van der Waals surface area (Å²) in [5.41, 5.74) is 2.05. The van der Waals surface area contributed by atoms with E-state index >= 15 is 0 Å². The fourth-order valence-corrected chi connectivity index (χ4v) is 3.78. The number of imide groups is 2. The number of nitrogens with zero attached hydrogens (tertiary/aromatic N) is 1. The molecule has 0 aromatic heterocycles. The average Bonchev–Trinajstić information content (AvgIpc) is 2.92. The highest BCUT2D eigenvalue weighted by molar-refractivity contribution is 6.39. The molecule has 5 amide bonds. The van der Waals surface area contributed by atoms with Crippen LogP contribution in [0.5, 0.6) is 5.75 Å². The van der Waals surface area contributed by atoms with Crippen LogP contribution in [-0.4, -0.2) is 43.4 Å². The standard InChI is InChI=1S/C28H22ClN3O7/c1-16-3-8-19(14-23(16)29)30-24(33)15-39-21-11-4-17(5-12-21)13-22-25(34)31-28(37)32(26(22)35)20-9-6-18(7-10-20)27(36)38-2/h3-14H,15H2,1-2H3,(H,30,33)(H,31,34,37)/b22-13-. The quantitative estimate of drug-likeness (QED) is 0.258. The van der Waals surface area contributed by atoms with Crippen molar-refractivity contribution in [3.63, 3.8) is 0 Å². The van der Waals surface area contributed by atoms with Crippen LogP contribution in [0.2, 0.25) is 5.02 Å². The number of amides is 5. The van der Waals surface area contributed by atoms with Crippen LogP contribution in [0.4, 0.5) is 16.2 Å². The number of nitrogens with one attached hydrogen (secondary N) is 2. The summed E-state index contributed by atoms with van der Waals surface area (Å²) >= 11 is 6.07. The van der Waals surface area contributed by atoms with Gasteiger partial charge in [0.2, 0.25) is 0 Å². The van der Waals surface area contributed by atoms with E-state index in [-0.39, 0.29) is 29.3 Å². The number of carbonyl (C=O) groups excluding carboxylic acids is 5. The summed E-state index contributed by atoms with van der Waals surface area (Å²) in [5, 5.41) is 5.37. The molecule has 4 rings (SSSR count). The summed E-state index contributed by atoms with van der Waals surface area (Å²) in [6.45, 7) is 1.60. The summed E-state index contributed by atoms with van der Waals surface area (Å²) in [4.78, 5) is 62.5. The van der Waals surface area contributed by atoms with E-state index in [1.807, 2.05) is 6.92 Å². The van der Waals surface area contributed by atoms with E-state index in [9.17, 15) is 24.0 Å². The van der Waals surface area contributed by atoms with Crippen LogP contribution in [0.25, 0.3) is 6.08 Å². The number of barbiturate groups is 1. The molecule has 11 heteroatoms. The van der Waals surface area contributed by atoms with Gasteiger partial charge in [0, 0.05) is 10.7 Å². The zero-order valence-electron chi connectivity index (χ0n) is 20.8. The second kappa shape index (κ2) is 11.6. The van der Waals surface area contributed by atoms with Gasteiger partial charge in [0.05, 0.1) is 18.4 Å². The molecule has 0 spiro atoms. The van der Waals surface area contributed by atoms with Gasteiger partial charge in [0.15, 0.2) is 6.61 Å². The van der Waals surface area contributed by atoms with Crippen molar-refractivity contribution >= 4 is 58.8 Å². The largest absolute Gasteiger partial charge is 0.484 e. The molecule has 1 aliphatic heterocycles. The van der Waals surface area contributed by atoms with E-state index in [4.69, 9.17) is 16.3 Å². The van der Waals surface area contributed by atoms with Crippen molar-refractivity contribution in [1.29, 1.82) is 0 Å². The molecule has 0 unspecified atom stereocenters. The third kappa shape index (κ3) is 6.31. The van der Waals surface area contributed by atoms with Gasteiger partial charge in [-0.1, -0.05) is 29.8 Å². The van der Waals surface area contributed by atoms with Crippen molar-refractivity contribution in [2.45, 2.75) is 6.92 Å². The first-order chi connectivity index (χ1) is 18.7. The third-order valence-electron chi connectivity index (χ3n) is 5.66. The Morgan fingerprint density at radius 2 is 1.69 bits per heavy atom. The predicted octanol–water partition coefficient (Wildman–Crippen LogP) is 4.12. The number of hydrogen-bond donors (Lipinski definition) is 2. The lowest BCUT2D eigenvalue weighted by Gasteiger charge is -2.26. The second-order valence-corrected chi connectivity index (χ2v) is 8.77. The molecular weight excluding hydrogens is 526 g/mol. The molecule has 1 aliphatic rings. The van der Waals surface area contributed by atoms with E-state index in [1.54, 1.807) is 42.5 Å². The van der Waals surface area contributed by atoms with Gasteiger partial charge >= 0.3 is 12.0 Å². The molecule has 10 nitrogen and oxygen atoms in total. The smallest absolute Gasteiger partial charge is 0.337 e. The number of rotatable bonds is 7. The van der Waals surface area contributed by atoms with Gasteiger partial charge in [-0.15, -0.1) is 0 Å². The van der Waals surface area contributed by atoms with E-state index in [0.29, 0.717) is 22.0 Å². The minimum Gasteiger partial charge on any atom is -0.484 e. The first kappa shape index (κ1) is 27.1. The van der Waals surface area contributed by atoms with Crippen molar-refractivity contribution in [2.75, 3.05) is 23.9 Å². The van der Waals surface area contributed by atoms with Crippen LogP contribution in [0.1, 0.15) is 21.5 Å². The van der Waals surface area contributed by atoms with Gasteiger partial charge in [-0.2, -0.15) is 0 Å². The number of halogens is 1. The minimum atomic E-state index is -0.914. The summed E-state index contributed by atoms with van der Waals surface area (Å²) in [6, 6.07) is 16.2. The molecule has 3 aromatic rings. The molecule has 2 N–H and O–H groups in total. The van der Waals surface area contributed by atoms with Gasteiger partial charge in [0.1, 0.15) is 11.3 Å². The van der Waals surface area contributed by atoms with Crippen molar-refractivity contribution in [3.05, 3.63) is 94.0 Å². The Kier molecular flexibility index (Phi) is 8.07. The number of anilines is 2. The Morgan fingerprint density at radius 3 is 2.33 bits per heavy atom. The highest BCUT2D eigenvalue weighted by Gasteiger charge is 2.36. The molecule has 0 bridgehead atoms. The fraction of sp³-hybridized carbons (Fsp3) is 0.107. The summed E-state index contributed by atoms with van der Waals surface area (Å²) in [6.07, 6.45) is 1.33. The van der Waals surface area contributed by atoms with Crippen LogP contribution >= 0.6 is 11.6 Å². The highest BCUT2D eigenvalue weighted by atomic mass is 35.5. The first-order valence-electron chi connectivity index (χ1n) is 11.5. The number of urea groups is 1. The molecule has 0 aliphatic carbocycles. The van der Waals surface area contributed by atoms with Gasteiger partial charge in [-0.25, -0.2) is 14.5 Å². The SMILES string of the molecule is COC(=O)c1ccc(N2C(=O)NC(=O)/C(=C/c3ccc(OCC(=O)Nc4ccc(C)c(Cl)c4)cc3)C2=O)cc1. The van der Waals surface area contributed by atoms with Gasteiger partial charge < -0.3 is 14.8 Å². The van der Waals surface area contributed by atoms with Crippen molar-refractivity contribution in [1.82, 2.24) is 5.32 Å². The normalized spacial score (nSPS) is 14.2. The number of benzene rings is 3. The summed E-state index contributed by atoms with van der Waals surface area (Å²) in [7, 11) is 1.24. The maximum atomic E-state index is 13.1. The van der Waals surface area contributed by atoms with E-state index in [0.717, 1.165) is 10.5 Å². The lowest BCUT2D eigenvalue weighted by atomic mass is 10.1. The Morgan fingerprint density at radius 1 is 1.00 bits per heavy atom. The third-order valence-corrected chi connectivity index (χ3v) is 6.07. The average molecular weight is 548 g/mol. The summed E-state index contributed by atoms with van der Waals surface area (Å²) in [5.74, 6) is -2.24. The zero-order valence-corrected chi connectivity index (χ0v) is 21.6. The van der Waals surface area contributed by atoms with Gasteiger partial charge in [-0.3, -0.25) is 19.7 Å². The molecule has 1 heterocycles. The van der Waals surface area contributed by atoms with Crippen LogP contribution in [0, 0.1) is 6.92 Å². The van der Waals surface area contributed by atoms with Crippen molar-refractivity contribution in [2.24, 2.45) is 0 Å². The van der Waals surface area contributed by atoms with E-state index in [2.05, 4.69) is 15.4 Å². The zero-order chi connectivity index (χ0) is 28.1. The van der Waals surface area contributed by atoms with E-state index in [1.165, 1.54) is 37.5 Å². The number of aryl methyl sites for hydroxylation is 1. The predicted molar refractivity (Wildman–Crippen MR) is 144 cm³/mol. The monoisotopic (exact) mass is 547 g/mol. The van der Waals surface area contributed by atoms with Crippen molar-refractivity contribution < 1.29 is 33.4 Å². The van der Waals surface area contributed by atoms with Crippen LogP contribution in [-0.2, 0) is 19.1 Å². The Bertz CT molecular complexity index is 1500. The van der Waals surface area contributed by atoms with Crippen molar-refractivity contribution in [3.8, 4) is 5.75 Å². The van der Waals surface area contributed by atoms with E-state index < -0.39 is 23.8 Å². The maximum Gasteiger partial charge on any atom is 0.337 e. The second-order valence-electron chi connectivity index (χ2n) is 8.37. The van der Waals surface area contributed by atoms with Gasteiger partial charge in [0.25, 0.3) is 17.7 Å². The number of esters is 1. The molecule has 1 saturated heterocycles. The number of hydrogen-bond acceptors (Lipinski definition) is 7. The Balaban J connectivity index is 1.42. The lowest BCUT2D eigenvalue weighted by Crippen LogP contribution is -2.54. The number of ether oxygens (including phenoxy) is 2. The molecule has 0 radical (unpaired) electrons. The Labute approximate surface area is 228 Å². The minimum absolute atomic E-state index is 0.165. The van der Waals surface area contributed by atoms with Crippen LogP contribution < -0.4 is 20.3 Å². The first-order valence-corrected chi connectivity index (χ1v) is 11.9. The fourth-order valence-electron chi connectivity index (χ4n) is 3.60. The topological polar surface area (TPSA) is 131 Å². The number of methoxy groups -OCH3 is 1. The molecule has 0 atom stereocenters. The highest BCUT2D eigenvalue weighted by Crippen LogP contribution is 2.24. The molecule has 1 fully saturated rings. The van der Waals surface area contributed by atoms with Crippen LogP contribution in [0.3, 0.4) is 0 Å². The molecule has 0 saturated carbocycles. The Hall–Kier alpha value is -4.96. The molecular formula is C28H22ClN3O7. The number of carbonyl (C=O) groups is 5. The van der Waals surface area contributed by atoms with Crippen LogP contribution in [0.15, 0.2) is 72.3 Å².